The minimum atomic E-state index is -0.136. The second-order valence-electron chi connectivity index (χ2n) is 6.20. The average Bonchev–Trinajstić information content (AvgIpc) is 2.60. The number of piperidine rings is 1. The maximum absolute atomic E-state index is 11.2. The number of likely N-dealkylation sites (tertiary alicyclic amines) is 1. The molecule has 2 aromatic rings. The third-order valence-corrected chi connectivity index (χ3v) is 4.73. The Bertz CT molecular complexity index is 711. The van der Waals surface area contributed by atoms with Crippen molar-refractivity contribution in [3.63, 3.8) is 0 Å². The van der Waals surface area contributed by atoms with Gasteiger partial charge in [-0.25, -0.2) is 0 Å². The van der Waals surface area contributed by atoms with Crippen LogP contribution in [0.4, 0.5) is 0 Å². The van der Waals surface area contributed by atoms with Gasteiger partial charge in [-0.2, -0.15) is 0 Å². The summed E-state index contributed by atoms with van der Waals surface area (Å²) in [4.78, 5) is 20.4. The molecule has 1 saturated heterocycles. The molecule has 1 aromatic heterocycles. The van der Waals surface area contributed by atoms with Gasteiger partial charge in [0, 0.05) is 24.9 Å². The van der Waals surface area contributed by atoms with Gasteiger partial charge in [0.2, 0.25) is 0 Å². The number of H-pyrrole nitrogens is 1. The lowest BCUT2D eigenvalue weighted by Crippen LogP contribution is -2.37. The monoisotopic (exact) mass is 347 g/mol. The largest absolute Gasteiger partial charge is 0.492 e. The third-order valence-electron chi connectivity index (χ3n) is 4.42. The van der Waals surface area contributed by atoms with E-state index in [-0.39, 0.29) is 5.56 Å². The number of hydrogen-bond donors (Lipinski definition) is 1. The van der Waals surface area contributed by atoms with Crippen molar-refractivity contribution >= 4 is 11.6 Å². The van der Waals surface area contributed by atoms with Crippen molar-refractivity contribution in [2.75, 3.05) is 26.2 Å². The number of rotatable bonds is 6. The first-order chi connectivity index (χ1) is 11.7. The number of ether oxygens (including phenoxy) is 1. The fourth-order valence-electron chi connectivity index (χ4n) is 2.97. The molecule has 0 aliphatic carbocycles. The molecule has 0 amide bonds. The Hall–Kier alpha value is -1.85. The molecule has 2 heterocycles. The first-order valence-electron chi connectivity index (χ1n) is 8.33. The highest BCUT2D eigenvalue weighted by Crippen LogP contribution is 2.25. The SMILES string of the molecule is O=c1cncc(CCN2CCC(COc3ccccc3Cl)CC2)[nH]1. The Morgan fingerprint density at radius 1 is 1.25 bits per heavy atom. The number of para-hydroxylation sites is 1. The van der Waals surface area contributed by atoms with Crippen LogP contribution < -0.4 is 10.3 Å². The van der Waals surface area contributed by atoms with Crippen LogP contribution in [-0.4, -0.2) is 41.1 Å². The van der Waals surface area contributed by atoms with Gasteiger partial charge < -0.3 is 14.6 Å². The fourth-order valence-corrected chi connectivity index (χ4v) is 3.16. The zero-order valence-electron chi connectivity index (χ0n) is 13.6. The molecule has 0 atom stereocenters. The van der Waals surface area contributed by atoms with Gasteiger partial charge in [-0.1, -0.05) is 23.7 Å². The quantitative estimate of drug-likeness (QED) is 0.873. The molecule has 24 heavy (non-hydrogen) atoms. The zero-order valence-corrected chi connectivity index (χ0v) is 14.3. The molecule has 1 fully saturated rings. The molecule has 0 bridgehead atoms. The summed E-state index contributed by atoms with van der Waals surface area (Å²) >= 11 is 6.11. The summed E-state index contributed by atoms with van der Waals surface area (Å²) in [6.45, 7) is 3.77. The molecule has 1 aromatic carbocycles. The number of benzene rings is 1. The van der Waals surface area contributed by atoms with Gasteiger partial charge >= 0.3 is 0 Å². The van der Waals surface area contributed by atoms with Crippen molar-refractivity contribution in [3.05, 3.63) is 57.7 Å². The van der Waals surface area contributed by atoms with E-state index >= 15 is 0 Å². The number of halogens is 1. The molecular formula is C18H22ClN3O2. The molecule has 1 aliphatic heterocycles. The lowest BCUT2D eigenvalue weighted by molar-refractivity contribution is 0.142. The highest BCUT2D eigenvalue weighted by atomic mass is 35.5. The van der Waals surface area contributed by atoms with Crippen molar-refractivity contribution in [3.8, 4) is 5.75 Å². The topological polar surface area (TPSA) is 58.2 Å². The van der Waals surface area contributed by atoms with Crippen molar-refractivity contribution in [2.45, 2.75) is 19.3 Å². The Labute approximate surface area is 146 Å². The normalized spacial score (nSPS) is 16.2. The minimum absolute atomic E-state index is 0.136. The number of hydrogen-bond acceptors (Lipinski definition) is 4. The highest BCUT2D eigenvalue weighted by Gasteiger charge is 2.19. The van der Waals surface area contributed by atoms with Crippen molar-refractivity contribution in [1.82, 2.24) is 14.9 Å². The van der Waals surface area contributed by atoms with Gasteiger partial charge in [0.1, 0.15) is 5.75 Å². The summed E-state index contributed by atoms with van der Waals surface area (Å²) in [5, 5.41) is 0.667. The Balaban J connectivity index is 1.39. The van der Waals surface area contributed by atoms with E-state index in [1.165, 1.54) is 6.20 Å². The molecule has 3 rings (SSSR count). The molecule has 128 valence electrons. The van der Waals surface area contributed by atoms with Crippen LogP contribution in [-0.2, 0) is 6.42 Å². The summed E-state index contributed by atoms with van der Waals surface area (Å²) in [5.74, 6) is 1.33. The van der Waals surface area contributed by atoms with Crippen LogP contribution in [0.3, 0.4) is 0 Å². The molecule has 6 heteroatoms. The van der Waals surface area contributed by atoms with E-state index in [2.05, 4.69) is 14.9 Å². The second-order valence-corrected chi connectivity index (χ2v) is 6.61. The molecule has 1 aliphatic rings. The fraction of sp³-hybridized carbons (Fsp3) is 0.444. The van der Waals surface area contributed by atoms with E-state index in [1.807, 2.05) is 24.3 Å². The standard InChI is InChI=1S/C18H22ClN3O2/c19-16-3-1-2-4-17(16)24-13-14-5-8-22(9-6-14)10-7-15-11-20-12-18(23)21-15/h1-4,11-12,14H,5-10,13H2,(H,21,23). The number of nitrogens with one attached hydrogen (secondary N) is 1. The van der Waals surface area contributed by atoms with E-state index < -0.39 is 0 Å². The number of nitrogens with zero attached hydrogens (tertiary/aromatic N) is 2. The first kappa shape index (κ1) is 17.0. The van der Waals surface area contributed by atoms with Gasteiger partial charge in [0.05, 0.1) is 17.8 Å². The van der Waals surface area contributed by atoms with Gasteiger partial charge in [0.15, 0.2) is 0 Å². The molecule has 0 spiro atoms. The van der Waals surface area contributed by atoms with Crippen LogP contribution >= 0.6 is 11.6 Å². The van der Waals surface area contributed by atoms with Crippen molar-refractivity contribution < 1.29 is 4.74 Å². The predicted octanol–water partition coefficient (Wildman–Crippen LogP) is 2.76. The lowest BCUT2D eigenvalue weighted by atomic mass is 9.97. The number of aromatic amines is 1. The maximum atomic E-state index is 11.2. The molecule has 0 unspecified atom stereocenters. The lowest BCUT2D eigenvalue weighted by Gasteiger charge is -2.31. The van der Waals surface area contributed by atoms with Crippen LogP contribution in [0.5, 0.6) is 5.75 Å². The van der Waals surface area contributed by atoms with E-state index in [0.717, 1.165) is 50.3 Å². The summed E-state index contributed by atoms with van der Waals surface area (Å²) in [7, 11) is 0. The van der Waals surface area contributed by atoms with E-state index in [9.17, 15) is 4.79 Å². The van der Waals surface area contributed by atoms with Crippen LogP contribution in [0.15, 0.2) is 41.5 Å². The summed E-state index contributed by atoms with van der Waals surface area (Å²) in [5.41, 5.74) is 0.759. The molecule has 0 radical (unpaired) electrons. The molecule has 1 N–H and O–H groups in total. The minimum Gasteiger partial charge on any atom is -0.492 e. The molecular weight excluding hydrogens is 326 g/mol. The summed E-state index contributed by atoms with van der Waals surface area (Å²) < 4.78 is 5.86. The summed E-state index contributed by atoms with van der Waals surface area (Å²) in [6, 6.07) is 7.60. The van der Waals surface area contributed by atoms with E-state index in [0.29, 0.717) is 17.5 Å². The van der Waals surface area contributed by atoms with Crippen LogP contribution in [0.25, 0.3) is 0 Å². The van der Waals surface area contributed by atoms with Crippen LogP contribution in [0.2, 0.25) is 5.02 Å². The van der Waals surface area contributed by atoms with Gasteiger partial charge in [-0.15, -0.1) is 0 Å². The smallest absolute Gasteiger partial charge is 0.266 e. The third kappa shape index (κ3) is 4.82. The van der Waals surface area contributed by atoms with Gasteiger partial charge in [-0.05, 0) is 44.0 Å². The Morgan fingerprint density at radius 3 is 2.79 bits per heavy atom. The van der Waals surface area contributed by atoms with Gasteiger partial charge in [-0.3, -0.25) is 9.78 Å². The Kier molecular flexibility index (Phi) is 5.88. The predicted molar refractivity (Wildman–Crippen MR) is 94.7 cm³/mol. The molecule has 0 saturated carbocycles. The highest BCUT2D eigenvalue weighted by molar-refractivity contribution is 6.32. The van der Waals surface area contributed by atoms with Crippen LogP contribution in [0, 0.1) is 5.92 Å². The van der Waals surface area contributed by atoms with Crippen LogP contribution in [0.1, 0.15) is 18.5 Å². The van der Waals surface area contributed by atoms with Crippen molar-refractivity contribution in [2.24, 2.45) is 5.92 Å². The molecule has 5 nitrogen and oxygen atoms in total. The average molecular weight is 348 g/mol. The summed E-state index contributed by atoms with van der Waals surface area (Å²) in [6.07, 6.45) is 6.09. The Morgan fingerprint density at radius 2 is 2.04 bits per heavy atom. The zero-order chi connectivity index (χ0) is 16.8. The second kappa shape index (κ2) is 8.31. The number of aromatic nitrogens is 2. The van der Waals surface area contributed by atoms with E-state index in [4.69, 9.17) is 16.3 Å². The van der Waals surface area contributed by atoms with Crippen molar-refractivity contribution in [1.29, 1.82) is 0 Å². The van der Waals surface area contributed by atoms with Gasteiger partial charge in [0.25, 0.3) is 5.56 Å². The first-order valence-corrected chi connectivity index (χ1v) is 8.71. The maximum Gasteiger partial charge on any atom is 0.266 e. The van der Waals surface area contributed by atoms with E-state index in [1.54, 1.807) is 6.20 Å².